The fraction of sp³-hybridized carbons (Fsp3) is 0.467. The number of carboxylic acid groups (broad SMARTS) is 1. The van der Waals surface area contributed by atoms with Crippen LogP contribution in [-0.2, 0) is 4.79 Å². The summed E-state index contributed by atoms with van der Waals surface area (Å²) in [6.45, 7) is 4.53. The van der Waals surface area contributed by atoms with E-state index in [1.807, 2.05) is 32.0 Å². The summed E-state index contributed by atoms with van der Waals surface area (Å²) in [5.74, 6) is 0.400. The van der Waals surface area contributed by atoms with Crippen LogP contribution in [0.3, 0.4) is 0 Å². The lowest BCUT2D eigenvalue weighted by Gasteiger charge is -2.19. The Labute approximate surface area is 113 Å². The van der Waals surface area contributed by atoms with E-state index in [9.17, 15) is 4.79 Å². The van der Waals surface area contributed by atoms with Crippen LogP contribution in [0.25, 0.3) is 0 Å². The first kappa shape index (κ1) is 13.6. The van der Waals surface area contributed by atoms with Gasteiger partial charge in [0.1, 0.15) is 6.04 Å². The molecule has 1 heterocycles. The predicted molar refractivity (Wildman–Crippen MR) is 75.5 cm³/mol. The highest BCUT2D eigenvalue weighted by Crippen LogP contribution is 2.25. The molecule has 1 aromatic carbocycles. The van der Waals surface area contributed by atoms with Crippen LogP contribution in [0.1, 0.15) is 31.7 Å². The Morgan fingerprint density at radius 2 is 2.05 bits per heavy atom. The Hall–Kier alpha value is -1.84. The molecular formula is C15H20N2O2. The van der Waals surface area contributed by atoms with Gasteiger partial charge in [0.25, 0.3) is 0 Å². The monoisotopic (exact) mass is 260 g/mol. The van der Waals surface area contributed by atoms with Gasteiger partial charge in [-0.1, -0.05) is 44.2 Å². The molecule has 102 valence electrons. The maximum Gasteiger partial charge on any atom is 0.326 e. The van der Waals surface area contributed by atoms with Gasteiger partial charge in [0.15, 0.2) is 0 Å². The Kier molecular flexibility index (Phi) is 4.20. The quantitative estimate of drug-likeness (QED) is 0.873. The SMILES string of the molecule is CC(C)C(NC1=NCC(c2ccccc2)C1)C(=O)O. The number of nitrogens with zero attached hydrogens (tertiary/aromatic N) is 1. The molecule has 4 nitrogen and oxygen atoms in total. The predicted octanol–water partition coefficient (Wildman–Crippen LogP) is 2.27. The van der Waals surface area contributed by atoms with Gasteiger partial charge < -0.3 is 10.4 Å². The number of aliphatic imine (C=N–C) groups is 1. The second kappa shape index (κ2) is 5.87. The molecule has 4 heteroatoms. The second-order valence-corrected chi connectivity index (χ2v) is 5.30. The number of aliphatic carboxylic acids is 1. The Bertz CT molecular complexity index is 468. The lowest BCUT2D eigenvalue weighted by atomic mass is 9.97. The smallest absolute Gasteiger partial charge is 0.326 e. The Morgan fingerprint density at radius 1 is 1.37 bits per heavy atom. The van der Waals surface area contributed by atoms with Gasteiger partial charge in [0.2, 0.25) is 0 Å². The van der Waals surface area contributed by atoms with Crippen molar-refractivity contribution in [2.75, 3.05) is 6.54 Å². The van der Waals surface area contributed by atoms with E-state index in [1.54, 1.807) is 0 Å². The standard InChI is InChI=1S/C15H20N2O2/c1-10(2)14(15(18)19)17-13-8-12(9-16-13)11-6-4-3-5-7-11/h3-7,10,12,14H,8-9H2,1-2H3,(H,16,17)(H,18,19). The number of hydrogen-bond acceptors (Lipinski definition) is 3. The summed E-state index contributed by atoms with van der Waals surface area (Å²) >= 11 is 0. The van der Waals surface area contributed by atoms with E-state index in [0.29, 0.717) is 5.92 Å². The van der Waals surface area contributed by atoms with Crippen molar-refractivity contribution in [3.8, 4) is 0 Å². The van der Waals surface area contributed by atoms with Crippen LogP contribution in [0.5, 0.6) is 0 Å². The van der Waals surface area contributed by atoms with E-state index in [0.717, 1.165) is 18.8 Å². The maximum absolute atomic E-state index is 11.2. The summed E-state index contributed by atoms with van der Waals surface area (Å²) in [4.78, 5) is 15.6. The van der Waals surface area contributed by atoms with Crippen molar-refractivity contribution in [3.63, 3.8) is 0 Å². The molecule has 1 aliphatic rings. The minimum Gasteiger partial charge on any atom is -0.480 e. The van der Waals surface area contributed by atoms with Crippen LogP contribution >= 0.6 is 0 Å². The van der Waals surface area contributed by atoms with E-state index < -0.39 is 12.0 Å². The van der Waals surface area contributed by atoms with E-state index in [2.05, 4.69) is 22.4 Å². The first-order valence-corrected chi connectivity index (χ1v) is 6.65. The molecule has 0 fully saturated rings. The molecule has 0 bridgehead atoms. The largest absolute Gasteiger partial charge is 0.480 e. The molecule has 0 radical (unpaired) electrons. The third kappa shape index (κ3) is 3.34. The van der Waals surface area contributed by atoms with Crippen molar-refractivity contribution in [3.05, 3.63) is 35.9 Å². The van der Waals surface area contributed by atoms with Crippen molar-refractivity contribution in [1.82, 2.24) is 5.32 Å². The lowest BCUT2D eigenvalue weighted by Crippen LogP contribution is -2.43. The number of amidine groups is 1. The van der Waals surface area contributed by atoms with E-state index in [4.69, 9.17) is 5.11 Å². The van der Waals surface area contributed by atoms with Crippen molar-refractivity contribution in [1.29, 1.82) is 0 Å². The number of carbonyl (C=O) groups is 1. The number of rotatable bonds is 4. The van der Waals surface area contributed by atoms with Gasteiger partial charge in [-0.3, -0.25) is 4.99 Å². The third-order valence-electron chi connectivity index (χ3n) is 3.47. The first-order valence-electron chi connectivity index (χ1n) is 6.65. The van der Waals surface area contributed by atoms with E-state index >= 15 is 0 Å². The molecule has 0 amide bonds. The average Bonchev–Trinajstić information content (AvgIpc) is 2.85. The van der Waals surface area contributed by atoms with E-state index in [-0.39, 0.29) is 5.92 Å². The molecular weight excluding hydrogens is 240 g/mol. The minimum atomic E-state index is -0.819. The van der Waals surface area contributed by atoms with Crippen LogP contribution in [0.15, 0.2) is 35.3 Å². The van der Waals surface area contributed by atoms with Gasteiger partial charge in [0, 0.05) is 18.9 Å². The molecule has 0 aliphatic carbocycles. The van der Waals surface area contributed by atoms with Gasteiger partial charge in [0.05, 0.1) is 5.84 Å². The Balaban J connectivity index is 1.97. The normalized spacial score (nSPS) is 20.2. The number of nitrogens with one attached hydrogen (secondary N) is 1. The fourth-order valence-electron chi connectivity index (χ4n) is 2.33. The van der Waals surface area contributed by atoms with E-state index in [1.165, 1.54) is 5.56 Å². The molecule has 0 spiro atoms. The van der Waals surface area contributed by atoms with Crippen molar-refractivity contribution in [2.45, 2.75) is 32.2 Å². The van der Waals surface area contributed by atoms with Crippen molar-refractivity contribution < 1.29 is 9.90 Å². The minimum absolute atomic E-state index is 0.0379. The number of carboxylic acids is 1. The number of hydrogen-bond donors (Lipinski definition) is 2. The van der Waals surface area contributed by atoms with Gasteiger partial charge in [-0.2, -0.15) is 0 Å². The highest BCUT2D eigenvalue weighted by atomic mass is 16.4. The third-order valence-corrected chi connectivity index (χ3v) is 3.47. The van der Waals surface area contributed by atoms with Gasteiger partial charge in [-0.15, -0.1) is 0 Å². The summed E-state index contributed by atoms with van der Waals surface area (Å²) < 4.78 is 0. The summed E-state index contributed by atoms with van der Waals surface area (Å²) in [6, 6.07) is 9.68. The fourth-order valence-corrected chi connectivity index (χ4v) is 2.33. The Morgan fingerprint density at radius 3 is 2.63 bits per heavy atom. The summed E-state index contributed by atoms with van der Waals surface area (Å²) in [7, 11) is 0. The highest BCUT2D eigenvalue weighted by Gasteiger charge is 2.26. The molecule has 2 atom stereocenters. The van der Waals surface area contributed by atoms with Gasteiger partial charge >= 0.3 is 5.97 Å². The number of benzene rings is 1. The summed E-state index contributed by atoms with van der Waals surface area (Å²) in [6.07, 6.45) is 0.792. The van der Waals surface area contributed by atoms with Crippen LogP contribution in [0.4, 0.5) is 0 Å². The highest BCUT2D eigenvalue weighted by molar-refractivity contribution is 5.89. The molecule has 1 aliphatic heterocycles. The van der Waals surface area contributed by atoms with Crippen molar-refractivity contribution in [2.24, 2.45) is 10.9 Å². The summed E-state index contributed by atoms with van der Waals surface area (Å²) in [5.41, 5.74) is 1.26. The van der Waals surface area contributed by atoms with Gasteiger partial charge in [-0.25, -0.2) is 4.79 Å². The van der Waals surface area contributed by atoms with Crippen LogP contribution < -0.4 is 5.32 Å². The van der Waals surface area contributed by atoms with Crippen LogP contribution in [0.2, 0.25) is 0 Å². The molecule has 1 aromatic rings. The lowest BCUT2D eigenvalue weighted by molar-refractivity contribution is -0.140. The van der Waals surface area contributed by atoms with Gasteiger partial charge in [-0.05, 0) is 11.5 Å². The summed E-state index contributed by atoms with van der Waals surface area (Å²) in [5, 5.41) is 12.2. The average molecular weight is 260 g/mol. The molecule has 0 aromatic heterocycles. The molecule has 2 unspecified atom stereocenters. The zero-order valence-corrected chi connectivity index (χ0v) is 11.3. The first-order chi connectivity index (χ1) is 9.08. The molecule has 0 saturated heterocycles. The van der Waals surface area contributed by atoms with Crippen LogP contribution in [0, 0.1) is 5.92 Å². The maximum atomic E-state index is 11.2. The zero-order valence-electron chi connectivity index (χ0n) is 11.3. The molecule has 0 saturated carbocycles. The van der Waals surface area contributed by atoms with Crippen LogP contribution in [-0.4, -0.2) is 29.5 Å². The topological polar surface area (TPSA) is 61.7 Å². The molecule has 2 N–H and O–H groups in total. The molecule has 19 heavy (non-hydrogen) atoms. The zero-order chi connectivity index (χ0) is 13.8. The second-order valence-electron chi connectivity index (χ2n) is 5.30. The van der Waals surface area contributed by atoms with Crippen molar-refractivity contribution >= 4 is 11.8 Å². The molecule has 2 rings (SSSR count).